The van der Waals surface area contributed by atoms with Gasteiger partial charge in [-0.2, -0.15) is 0 Å². The van der Waals surface area contributed by atoms with Gasteiger partial charge in [0, 0.05) is 22.3 Å². The lowest BCUT2D eigenvalue weighted by atomic mass is 10.1. The molecular formula is C12H15IN2O. The standard InChI is InChI=1S/C12H15IN2O/c13-10-5-4-6-11(9-10)14-12(16)15-7-2-1-3-8-15/h4-6,9H,1-3,7-8H2,(H,14,16). The van der Waals surface area contributed by atoms with Crippen molar-refractivity contribution in [1.82, 2.24) is 4.90 Å². The summed E-state index contributed by atoms with van der Waals surface area (Å²) in [4.78, 5) is 13.8. The van der Waals surface area contributed by atoms with Crippen LogP contribution in [0.5, 0.6) is 0 Å². The molecule has 1 saturated heterocycles. The summed E-state index contributed by atoms with van der Waals surface area (Å²) >= 11 is 2.24. The average molecular weight is 330 g/mol. The Bertz CT molecular complexity index is 375. The van der Waals surface area contributed by atoms with Crippen molar-refractivity contribution in [2.24, 2.45) is 0 Å². The van der Waals surface area contributed by atoms with E-state index in [9.17, 15) is 4.79 Å². The second kappa shape index (κ2) is 5.52. The number of urea groups is 1. The summed E-state index contributed by atoms with van der Waals surface area (Å²) < 4.78 is 1.13. The lowest BCUT2D eigenvalue weighted by molar-refractivity contribution is 0.200. The Hall–Kier alpha value is -0.780. The van der Waals surface area contributed by atoms with Gasteiger partial charge in [0.15, 0.2) is 0 Å². The zero-order valence-electron chi connectivity index (χ0n) is 9.08. The van der Waals surface area contributed by atoms with E-state index in [0.717, 1.165) is 35.2 Å². The highest BCUT2D eigenvalue weighted by Crippen LogP contribution is 2.14. The number of anilines is 1. The van der Waals surface area contributed by atoms with Crippen LogP contribution in [0.3, 0.4) is 0 Å². The summed E-state index contributed by atoms with van der Waals surface area (Å²) in [6.07, 6.45) is 3.49. The second-order valence-corrected chi connectivity index (χ2v) is 5.23. The number of amides is 2. The molecule has 0 unspecified atom stereocenters. The molecule has 0 aliphatic carbocycles. The summed E-state index contributed by atoms with van der Waals surface area (Å²) in [5, 5.41) is 2.93. The summed E-state index contributed by atoms with van der Waals surface area (Å²) in [7, 11) is 0. The number of rotatable bonds is 1. The Labute approximate surface area is 109 Å². The number of piperidine rings is 1. The van der Waals surface area contributed by atoms with Crippen molar-refractivity contribution in [2.45, 2.75) is 19.3 Å². The smallest absolute Gasteiger partial charge is 0.321 e. The van der Waals surface area contributed by atoms with Gasteiger partial charge < -0.3 is 10.2 Å². The van der Waals surface area contributed by atoms with Gasteiger partial charge in [-0.15, -0.1) is 0 Å². The van der Waals surface area contributed by atoms with Gasteiger partial charge in [-0.05, 0) is 60.1 Å². The van der Waals surface area contributed by atoms with E-state index in [-0.39, 0.29) is 6.03 Å². The third kappa shape index (κ3) is 3.10. The fraction of sp³-hybridized carbons (Fsp3) is 0.417. The van der Waals surface area contributed by atoms with Crippen LogP contribution in [0, 0.1) is 3.57 Å². The quantitative estimate of drug-likeness (QED) is 0.788. The fourth-order valence-corrected chi connectivity index (χ4v) is 2.41. The zero-order chi connectivity index (χ0) is 11.4. The molecule has 2 rings (SSSR count). The third-order valence-electron chi connectivity index (χ3n) is 2.72. The maximum Gasteiger partial charge on any atom is 0.321 e. The molecule has 0 saturated carbocycles. The predicted molar refractivity (Wildman–Crippen MR) is 73.6 cm³/mol. The maximum atomic E-state index is 11.9. The first kappa shape index (κ1) is 11.7. The molecule has 1 heterocycles. The van der Waals surface area contributed by atoms with Gasteiger partial charge >= 0.3 is 6.03 Å². The molecule has 0 aromatic heterocycles. The molecule has 0 bridgehead atoms. The predicted octanol–water partition coefficient (Wildman–Crippen LogP) is 3.31. The van der Waals surface area contributed by atoms with Gasteiger partial charge in [-0.3, -0.25) is 0 Å². The number of nitrogens with zero attached hydrogens (tertiary/aromatic N) is 1. The minimum Gasteiger partial charge on any atom is -0.325 e. The highest BCUT2D eigenvalue weighted by Gasteiger charge is 2.16. The monoisotopic (exact) mass is 330 g/mol. The molecule has 86 valence electrons. The normalized spacial score (nSPS) is 15.9. The molecule has 16 heavy (non-hydrogen) atoms. The van der Waals surface area contributed by atoms with E-state index in [1.54, 1.807) is 0 Å². The summed E-state index contributed by atoms with van der Waals surface area (Å²) in [5.41, 5.74) is 0.877. The highest BCUT2D eigenvalue weighted by atomic mass is 127. The van der Waals surface area contributed by atoms with Crippen LogP contribution in [0.15, 0.2) is 24.3 Å². The molecule has 1 aromatic rings. The Morgan fingerprint density at radius 2 is 2.00 bits per heavy atom. The summed E-state index contributed by atoms with van der Waals surface area (Å²) in [5.74, 6) is 0. The van der Waals surface area contributed by atoms with Crippen LogP contribution < -0.4 is 5.32 Å². The van der Waals surface area contributed by atoms with Crippen molar-refractivity contribution in [3.8, 4) is 0 Å². The van der Waals surface area contributed by atoms with E-state index in [1.165, 1.54) is 6.42 Å². The van der Waals surface area contributed by atoms with Crippen molar-refractivity contribution < 1.29 is 4.79 Å². The molecule has 0 atom stereocenters. The molecule has 1 fully saturated rings. The first-order chi connectivity index (χ1) is 7.75. The molecule has 4 heteroatoms. The van der Waals surface area contributed by atoms with E-state index in [0.29, 0.717) is 0 Å². The first-order valence-electron chi connectivity index (χ1n) is 5.57. The number of benzene rings is 1. The number of likely N-dealkylation sites (tertiary alicyclic amines) is 1. The van der Waals surface area contributed by atoms with E-state index in [4.69, 9.17) is 0 Å². The van der Waals surface area contributed by atoms with Gasteiger partial charge in [0.25, 0.3) is 0 Å². The van der Waals surface area contributed by atoms with Crippen LogP contribution >= 0.6 is 22.6 Å². The first-order valence-corrected chi connectivity index (χ1v) is 6.65. The van der Waals surface area contributed by atoms with Crippen molar-refractivity contribution in [3.05, 3.63) is 27.8 Å². The molecule has 2 amide bonds. The van der Waals surface area contributed by atoms with Crippen molar-refractivity contribution in [2.75, 3.05) is 18.4 Å². The lowest BCUT2D eigenvalue weighted by Crippen LogP contribution is -2.38. The molecular weight excluding hydrogens is 315 g/mol. The molecule has 1 aliphatic rings. The molecule has 1 aliphatic heterocycles. The van der Waals surface area contributed by atoms with Gasteiger partial charge in [0.1, 0.15) is 0 Å². The molecule has 1 N–H and O–H groups in total. The van der Waals surface area contributed by atoms with Crippen molar-refractivity contribution in [1.29, 1.82) is 0 Å². The van der Waals surface area contributed by atoms with Crippen LogP contribution in [0.2, 0.25) is 0 Å². The van der Waals surface area contributed by atoms with Gasteiger partial charge in [0.2, 0.25) is 0 Å². The number of carbonyl (C=O) groups excluding carboxylic acids is 1. The SMILES string of the molecule is O=C(Nc1cccc(I)c1)N1CCCCC1. The fourth-order valence-electron chi connectivity index (χ4n) is 1.87. The van der Waals surface area contributed by atoms with Gasteiger partial charge in [-0.1, -0.05) is 6.07 Å². The maximum absolute atomic E-state index is 11.9. The van der Waals surface area contributed by atoms with Crippen LogP contribution in [0.4, 0.5) is 10.5 Å². The number of hydrogen-bond donors (Lipinski definition) is 1. The Balaban J connectivity index is 1.96. The second-order valence-electron chi connectivity index (χ2n) is 3.99. The van der Waals surface area contributed by atoms with Crippen molar-refractivity contribution >= 4 is 34.3 Å². The van der Waals surface area contributed by atoms with Crippen molar-refractivity contribution in [3.63, 3.8) is 0 Å². The molecule has 0 spiro atoms. The van der Waals surface area contributed by atoms with E-state index >= 15 is 0 Å². The van der Waals surface area contributed by atoms with Crippen LogP contribution in [-0.4, -0.2) is 24.0 Å². The average Bonchev–Trinajstić information content (AvgIpc) is 2.30. The zero-order valence-corrected chi connectivity index (χ0v) is 11.2. The number of nitrogens with one attached hydrogen (secondary N) is 1. The van der Waals surface area contributed by atoms with E-state index in [2.05, 4.69) is 27.9 Å². The molecule has 3 nitrogen and oxygen atoms in total. The third-order valence-corrected chi connectivity index (χ3v) is 3.39. The number of halogens is 1. The summed E-state index contributed by atoms with van der Waals surface area (Å²) in [6.45, 7) is 1.77. The largest absolute Gasteiger partial charge is 0.325 e. The number of hydrogen-bond acceptors (Lipinski definition) is 1. The van der Waals surface area contributed by atoms with Gasteiger partial charge in [-0.25, -0.2) is 4.79 Å². The van der Waals surface area contributed by atoms with Crippen LogP contribution in [0.25, 0.3) is 0 Å². The summed E-state index contributed by atoms with van der Waals surface area (Å²) in [6, 6.07) is 7.89. The van der Waals surface area contributed by atoms with Gasteiger partial charge in [0.05, 0.1) is 0 Å². The number of carbonyl (C=O) groups is 1. The van der Waals surface area contributed by atoms with Crippen LogP contribution in [-0.2, 0) is 0 Å². The highest BCUT2D eigenvalue weighted by molar-refractivity contribution is 14.1. The van der Waals surface area contributed by atoms with Crippen LogP contribution in [0.1, 0.15) is 19.3 Å². The molecule has 1 aromatic carbocycles. The minimum absolute atomic E-state index is 0.0294. The van der Waals surface area contributed by atoms with E-state index in [1.807, 2.05) is 29.2 Å². The Morgan fingerprint density at radius 3 is 2.69 bits per heavy atom. The lowest BCUT2D eigenvalue weighted by Gasteiger charge is -2.26. The molecule has 0 radical (unpaired) electrons. The Morgan fingerprint density at radius 1 is 1.25 bits per heavy atom. The Kier molecular flexibility index (Phi) is 4.04. The minimum atomic E-state index is 0.0294. The topological polar surface area (TPSA) is 32.3 Å². The van der Waals surface area contributed by atoms with E-state index < -0.39 is 0 Å².